The first-order valence-corrected chi connectivity index (χ1v) is 18.6. The van der Waals surface area contributed by atoms with E-state index in [0.717, 1.165) is 49.6 Å². The van der Waals surface area contributed by atoms with E-state index in [1.807, 2.05) is 80.8 Å². The zero-order valence-corrected chi connectivity index (χ0v) is 29.2. The van der Waals surface area contributed by atoms with E-state index in [0.29, 0.717) is 17.3 Å². The molecular formula is C44H39N4OP. The van der Waals surface area contributed by atoms with Crippen molar-refractivity contribution in [3.05, 3.63) is 170 Å². The molecule has 0 bridgehead atoms. The predicted octanol–water partition coefficient (Wildman–Crippen LogP) is 11.4. The molecule has 2 atom stereocenters. The van der Waals surface area contributed by atoms with Gasteiger partial charge in [-0.2, -0.15) is 0 Å². The third-order valence-electron chi connectivity index (χ3n) is 9.20. The summed E-state index contributed by atoms with van der Waals surface area (Å²) in [5.74, 6) is 0. The summed E-state index contributed by atoms with van der Waals surface area (Å²) in [5.41, 5.74) is 6.92. The van der Waals surface area contributed by atoms with E-state index in [4.69, 9.17) is 0 Å². The van der Waals surface area contributed by atoms with Crippen LogP contribution >= 0.6 is 7.14 Å². The minimum atomic E-state index is -3.29. The minimum Gasteiger partial charge on any atom is -0.310 e. The van der Waals surface area contributed by atoms with Crippen molar-refractivity contribution < 1.29 is 4.57 Å². The second kappa shape index (κ2) is 14.0. The van der Waals surface area contributed by atoms with Crippen LogP contribution in [0.4, 0.5) is 0 Å². The molecule has 1 aliphatic heterocycles. The van der Waals surface area contributed by atoms with Crippen LogP contribution in [0.5, 0.6) is 0 Å². The number of rotatable bonds is 10. The average Bonchev–Trinajstić information content (AvgIpc) is 3.51. The number of fused-ring (bicyclic) bond motifs is 7. The molecule has 4 heterocycles. The molecule has 0 spiro atoms. The molecule has 3 aromatic carbocycles. The monoisotopic (exact) mass is 670 g/mol. The Morgan fingerprint density at radius 3 is 1.98 bits per heavy atom. The Bertz CT molecular complexity index is 2550. The number of nitrogens with zero attached hydrogens (tertiary/aromatic N) is 4. The summed E-state index contributed by atoms with van der Waals surface area (Å²) in [6.45, 7) is 12.2. The number of aliphatic imine (C=N–C) groups is 1. The quantitative estimate of drug-likeness (QED) is 0.108. The molecule has 2 unspecified atom stereocenters. The largest absolute Gasteiger partial charge is 0.310 e. The number of allylic oxidation sites excluding steroid dienone is 13. The molecule has 0 aliphatic carbocycles. The van der Waals surface area contributed by atoms with Crippen LogP contribution in [0.2, 0.25) is 0 Å². The topological polar surface area (TPSA) is 52.2 Å². The zero-order valence-electron chi connectivity index (χ0n) is 28.4. The van der Waals surface area contributed by atoms with Crippen molar-refractivity contribution in [1.29, 1.82) is 0 Å². The first kappa shape index (κ1) is 32.8. The molecule has 0 fully saturated rings. The summed E-state index contributed by atoms with van der Waals surface area (Å²) in [5, 5.41) is 4.59. The highest BCUT2D eigenvalue weighted by molar-refractivity contribution is 7.76. The van der Waals surface area contributed by atoms with Gasteiger partial charge in [0.05, 0.1) is 22.1 Å². The van der Waals surface area contributed by atoms with Gasteiger partial charge in [0, 0.05) is 57.4 Å². The van der Waals surface area contributed by atoms with E-state index in [-0.39, 0.29) is 0 Å². The Hall–Kier alpha value is -5.77. The number of pyridine rings is 1. The third-order valence-corrected chi connectivity index (χ3v) is 12.4. The molecule has 0 saturated heterocycles. The van der Waals surface area contributed by atoms with Crippen molar-refractivity contribution in [3.63, 3.8) is 0 Å². The Morgan fingerprint density at radius 1 is 0.800 bits per heavy atom. The first-order valence-electron chi connectivity index (χ1n) is 16.9. The van der Waals surface area contributed by atoms with E-state index in [1.54, 1.807) is 6.20 Å². The Kier molecular flexibility index (Phi) is 9.17. The highest BCUT2D eigenvalue weighted by Gasteiger charge is 2.36. The van der Waals surface area contributed by atoms with E-state index in [1.165, 1.54) is 5.39 Å². The van der Waals surface area contributed by atoms with Crippen molar-refractivity contribution >= 4 is 73.8 Å². The second-order valence-electron chi connectivity index (χ2n) is 12.2. The fraction of sp³-hybridized carbons (Fsp3) is 0.0909. The summed E-state index contributed by atoms with van der Waals surface area (Å²) >= 11 is 0. The summed E-state index contributed by atoms with van der Waals surface area (Å²) in [6.07, 6.45) is 26.0. The first-order chi connectivity index (χ1) is 24.5. The van der Waals surface area contributed by atoms with Crippen LogP contribution in [0.15, 0.2) is 175 Å². The number of para-hydroxylation sites is 2. The Morgan fingerprint density at radius 2 is 1.40 bits per heavy atom. The highest BCUT2D eigenvalue weighted by atomic mass is 31.2. The Balaban J connectivity index is 1.52. The Labute approximate surface area is 293 Å². The van der Waals surface area contributed by atoms with Crippen LogP contribution < -0.4 is 5.44 Å². The van der Waals surface area contributed by atoms with Gasteiger partial charge in [-0.15, -0.1) is 0 Å². The molecule has 0 radical (unpaired) electrons. The van der Waals surface area contributed by atoms with Gasteiger partial charge in [0.1, 0.15) is 10.9 Å². The molecular weight excluding hydrogens is 631 g/mol. The molecule has 6 heteroatoms. The molecule has 3 aromatic heterocycles. The van der Waals surface area contributed by atoms with Gasteiger partial charge < -0.3 is 13.7 Å². The van der Waals surface area contributed by atoms with Gasteiger partial charge in [-0.25, -0.2) is 0 Å². The predicted molar refractivity (Wildman–Crippen MR) is 217 cm³/mol. The number of aromatic nitrogens is 3. The summed E-state index contributed by atoms with van der Waals surface area (Å²) < 4.78 is 19.9. The molecule has 50 heavy (non-hydrogen) atoms. The van der Waals surface area contributed by atoms with E-state index < -0.39 is 12.8 Å². The van der Waals surface area contributed by atoms with Crippen molar-refractivity contribution in [2.75, 3.05) is 0 Å². The summed E-state index contributed by atoms with van der Waals surface area (Å²) in [4.78, 5) is 9.27. The summed E-state index contributed by atoms with van der Waals surface area (Å²) in [7, 11) is -3.29. The van der Waals surface area contributed by atoms with Crippen LogP contribution in [0.25, 0.3) is 55.0 Å². The standard InChI is InChI=1S/C44H39N4OP/c1-5-17-33(18-6-2)47-39-22-12-10-20-35(39)37-28-29-38-36-21-11-13-23-40(36)48(44(38)43(37)47)34(19-7-3)27-26-32(4)50(49,42-25-14-16-31-46-42)41-24-9-8-15-30-45-41/h5-14,16-32H,1,3,15H2,2,4H3/b18-6-,27-26?,33-17+,34-19+. The lowest BCUT2D eigenvalue weighted by Crippen LogP contribution is -2.17. The van der Waals surface area contributed by atoms with Crippen LogP contribution in [-0.4, -0.2) is 26.0 Å². The van der Waals surface area contributed by atoms with Crippen molar-refractivity contribution in [1.82, 2.24) is 14.1 Å². The average molecular weight is 671 g/mol. The van der Waals surface area contributed by atoms with Crippen LogP contribution in [-0.2, 0) is 4.57 Å². The minimum absolute atomic E-state index is 0.406. The van der Waals surface area contributed by atoms with Gasteiger partial charge in [-0.1, -0.05) is 111 Å². The maximum absolute atomic E-state index is 15.2. The second-order valence-corrected chi connectivity index (χ2v) is 15.2. The highest BCUT2D eigenvalue weighted by Crippen LogP contribution is 2.58. The van der Waals surface area contributed by atoms with E-state index in [9.17, 15) is 0 Å². The molecule has 5 nitrogen and oxygen atoms in total. The molecule has 6 aromatic rings. The van der Waals surface area contributed by atoms with E-state index in [2.05, 4.69) is 117 Å². The van der Waals surface area contributed by atoms with Gasteiger partial charge in [0.2, 0.25) is 0 Å². The fourth-order valence-electron chi connectivity index (χ4n) is 6.98. The maximum Gasteiger partial charge on any atom is 0.184 e. The maximum atomic E-state index is 15.2. The lowest BCUT2D eigenvalue weighted by Gasteiger charge is -2.23. The number of hydrogen-bond donors (Lipinski definition) is 0. The van der Waals surface area contributed by atoms with Crippen molar-refractivity contribution in [3.8, 4) is 0 Å². The molecule has 7 rings (SSSR count). The number of benzene rings is 3. The van der Waals surface area contributed by atoms with Gasteiger partial charge >= 0.3 is 0 Å². The third kappa shape index (κ3) is 5.50. The van der Waals surface area contributed by atoms with Gasteiger partial charge in [-0.05, 0) is 61.6 Å². The molecule has 0 amide bonds. The normalized spacial score (nSPS) is 16.1. The van der Waals surface area contributed by atoms with Crippen LogP contribution in [0, 0.1) is 0 Å². The lowest BCUT2D eigenvalue weighted by atomic mass is 10.1. The van der Waals surface area contributed by atoms with Gasteiger partial charge in [-0.3, -0.25) is 9.98 Å². The van der Waals surface area contributed by atoms with Crippen molar-refractivity contribution in [2.45, 2.75) is 25.9 Å². The zero-order chi connectivity index (χ0) is 34.7. The summed E-state index contributed by atoms with van der Waals surface area (Å²) in [6, 6.07) is 27.1. The van der Waals surface area contributed by atoms with Crippen LogP contribution in [0.3, 0.4) is 0 Å². The van der Waals surface area contributed by atoms with Gasteiger partial charge in [0.15, 0.2) is 7.14 Å². The van der Waals surface area contributed by atoms with Crippen molar-refractivity contribution in [2.24, 2.45) is 4.99 Å². The van der Waals surface area contributed by atoms with Crippen LogP contribution in [0.1, 0.15) is 20.3 Å². The molecule has 246 valence electrons. The SMILES string of the molecule is C=C/C=C(\C=CC(C)P(=O)(C1=CC=CCC=N1)c1ccccn1)n1c2ccccc2c2ccc3c4ccccc4n(C(/C=C\C)=C/C=C)c3c21. The molecule has 0 saturated carbocycles. The molecule has 0 N–H and O–H groups in total. The molecule has 1 aliphatic rings. The fourth-order valence-corrected chi connectivity index (χ4v) is 9.49. The smallest absolute Gasteiger partial charge is 0.184 e. The van der Waals surface area contributed by atoms with E-state index >= 15 is 4.57 Å². The van der Waals surface area contributed by atoms with Gasteiger partial charge in [0.25, 0.3) is 0 Å². The number of hydrogen-bond acceptors (Lipinski definition) is 3. The lowest BCUT2D eigenvalue weighted by molar-refractivity contribution is 0.581.